The zero-order valence-corrected chi connectivity index (χ0v) is 8.23. The van der Waals surface area contributed by atoms with E-state index in [1.54, 1.807) is 23.7 Å². The lowest BCUT2D eigenvalue weighted by Gasteiger charge is -2.10. The van der Waals surface area contributed by atoms with Crippen LogP contribution in [0.1, 0.15) is 22.2 Å². The van der Waals surface area contributed by atoms with Crippen LogP contribution in [0.5, 0.6) is 0 Å². The second kappa shape index (κ2) is 4.26. The Morgan fingerprint density at radius 3 is 2.86 bits per heavy atom. The minimum absolute atomic E-state index is 0.154. The van der Waals surface area contributed by atoms with Crippen LogP contribution in [0.4, 0.5) is 0 Å². The molecule has 0 saturated heterocycles. The van der Waals surface area contributed by atoms with Gasteiger partial charge in [0.05, 0.1) is 19.8 Å². The molecule has 1 aromatic heterocycles. The van der Waals surface area contributed by atoms with Crippen LogP contribution in [-0.4, -0.2) is 29.4 Å². The lowest BCUT2D eigenvalue weighted by molar-refractivity contribution is 0.0589. The van der Waals surface area contributed by atoms with E-state index in [0.29, 0.717) is 11.4 Å². The van der Waals surface area contributed by atoms with Gasteiger partial charge in [-0.1, -0.05) is 0 Å². The van der Waals surface area contributed by atoms with E-state index < -0.39 is 12.0 Å². The number of carbonyl (C=O) groups excluding carboxylic acids is 1. The number of aliphatic hydroxyl groups is 1. The fraction of sp³-hybridized carbons (Fsp3) is 0.444. The Bertz CT molecular complexity index is 333. The zero-order chi connectivity index (χ0) is 10.7. The van der Waals surface area contributed by atoms with Crippen molar-refractivity contribution in [2.45, 2.75) is 6.04 Å². The summed E-state index contributed by atoms with van der Waals surface area (Å²) in [5, 5.41) is 8.86. The average Bonchev–Trinajstić information content (AvgIpc) is 2.58. The van der Waals surface area contributed by atoms with E-state index in [9.17, 15) is 4.79 Å². The number of methoxy groups -OCH3 is 1. The molecule has 78 valence electrons. The first kappa shape index (κ1) is 10.7. The van der Waals surface area contributed by atoms with E-state index in [-0.39, 0.29) is 6.61 Å². The first-order valence-electron chi connectivity index (χ1n) is 4.22. The smallest absolute Gasteiger partial charge is 0.354 e. The first-order valence-corrected chi connectivity index (χ1v) is 4.22. The van der Waals surface area contributed by atoms with E-state index in [1.807, 2.05) is 0 Å². The van der Waals surface area contributed by atoms with Crippen LogP contribution in [0.2, 0.25) is 0 Å². The molecule has 14 heavy (non-hydrogen) atoms. The van der Waals surface area contributed by atoms with Crippen molar-refractivity contribution < 1.29 is 14.6 Å². The Morgan fingerprint density at radius 2 is 2.36 bits per heavy atom. The Hall–Kier alpha value is -1.33. The summed E-state index contributed by atoms with van der Waals surface area (Å²) in [4.78, 5) is 11.2. The largest absolute Gasteiger partial charge is 0.464 e. The van der Waals surface area contributed by atoms with Crippen LogP contribution in [0, 0.1) is 0 Å². The van der Waals surface area contributed by atoms with Gasteiger partial charge in [0.15, 0.2) is 0 Å². The van der Waals surface area contributed by atoms with Gasteiger partial charge in [-0.05, 0) is 12.1 Å². The molecule has 1 aromatic rings. The summed E-state index contributed by atoms with van der Waals surface area (Å²) in [7, 11) is 3.03. The molecule has 0 spiro atoms. The molecule has 5 heteroatoms. The van der Waals surface area contributed by atoms with Crippen LogP contribution in [0.3, 0.4) is 0 Å². The molecule has 0 radical (unpaired) electrons. The van der Waals surface area contributed by atoms with E-state index in [2.05, 4.69) is 4.74 Å². The molecule has 0 unspecified atom stereocenters. The van der Waals surface area contributed by atoms with Crippen molar-refractivity contribution in [3.8, 4) is 0 Å². The molecular weight excluding hydrogens is 184 g/mol. The highest BCUT2D eigenvalue weighted by Crippen LogP contribution is 2.14. The van der Waals surface area contributed by atoms with Crippen molar-refractivity contribution in [3.63, 3.8) is 0 Å². The predicted molar refractivity (Wildman–Crippen MR) is 50.8 cm³/mol. The lowest BCUT2D eigenvalue weighted by atomic mass is 10.2. The van der Waals surface area contributed by atoms with Gasteiger partial charge in [-0.15, -0.1) is 0 Å². The maximum atomic E-state index is 11.2. The summed E-state index contributed by atoms with van der Waals surface area (Å²) in [6.45, 7) is -0.154. The maximum Gasteiger partial charge on any atom is 0.354 e. The molecule has 5 nitrogen and oxygen atoms in total. The van der Waals surface area contributed by atoms with E-state index in [4.69, 9.17) is 10.8 Å². The SMILES string of the molecule is COC(=O)c1ccc([C@H](N)CO)n1C. The molecular formula is C9H14N2O3. The third kappa shape index (κ3) is 1.78. The van der Waals surface area contributed by atoms with Gasteiger partial charge in [0.1, 0.15) is 5.69 Å². The fourth-order valence-corrected chi connectivity index (χ4v) is 1.30. The van der Waals surface area contributed by atoms with Gasteiger partial charge in [-0.2, -0.15) is 0 Å². The van der Waals surface area contributed by atoms with Crippen LogP contribution in [-0.2, 0) is 11.8 Å². The molecule has 1 atom stereocenters. The number of rotatable bonds is 3. The highest BCUT2D eigenvalue weighted by Gasteiger charge is 2.15. The van der Waals surface area contributed by atoms with Crippen molar-refractivity contribution in [3.05, 3.63) is 23.5 Å². The van der Waals surface area contributed by atoms with Crippen molar-refractivity contribution in [2.75, 3.05) is 13.7 Å². The van der Waals surface area contributed by atoms with Gasteiger partial charge in [-0.25, -0.2) is 4.79 Å². The minimum Gasteiger partial charge on any atom is -0.464 e. The Morgan fingerprint density at radius 1 is 1.71 bits per heavy atom. The third-order valence-corrected chi connectivity index (χ3v) is 2.13. The number of aliphatic hydroxyl groups excluding tert-OH is 1. The molecule has 1 rings (SSSR count). The van der Waals surface area contributed by atoms with Gasteiger partial charge in [-0.3, -0.25) is 0 Å². The minimum atomic E-state index is -0.474. The Kier molecular flexibility index (Phi) is 3.27. The van der Waals surface area contributed by atoms with Crippen molar-refractivity contribution >= 4 is 5.97 Å². The molecule has 0 saturated carbocycles. The number of nitrogens with two attached hydrogens (primary N) is 1. The van der Waals surface area contributed by atoms with Crippen molar-refractivity contribution in [1.29, 1.82) is 0 Å². The monoisotopic (exact) mass is 198 g/mol. The molecule has 3 N–H and O–H groups in total. The fourth-order valence-electron chi connectivity index (χ4n) is 1.30. The molecule has 0 fully saturated rings. The maximum absolute atomic E-state index is 11.2. The third-order valence-electron chi connectivity index (χ3n) is 2.13. The van der Waals surface area contributed by atoms with E-state index in [1.165, 1.54) is 7.11 Å². The van der Waals surface area contributed by atoms with Gasteiger partial charge >= 0.3 is 5.97 Å². The second-order valence-corrected chi connectivity index (χ2v) is 2.98. The Labute approximate surface area is 82.1 Å². The van der Waals surface area contributed by atoms with Crippen LogP contribution >= 0.6 is 0 Å². The Balaban J connectivity index is 3.02. The van der Waals surface area contributed by atoms with Crippen LogP contribution < -0.4 is 5.73 Å². The van der Waals surface area contributed by atoms with Crippen molar-refractivity contribution in [2.24, 2.45) is 12.8 Å². The zero-order valence-electron chi connectivity index (χ0n) is 8.23. The highest BCUT2D eigenvalue weighted by atomic mass is 16.5. The van der Waals surface area contributed by atoms with E-state index >= 15 is 0 Å². The number of carbonyl (C=O) groups is 1. The summed E-state index contributed by atoms with van der Waals surface area (Å²) in [6, 6.07) is 2.85. The van der Waals surface area contributed by atoms with Gasteiger partial charge in [0, 0.05) is 12.7 Å². The molecule has 0 aliphatic carbocycles. The summed E-state index contributed by atoms with van der Waals surface area (Å²) in [5.41, 5.74) is 6.75. The number of esters is 1. The second-order valence-electron chi connectivity index (χ2n) is 2.98. The quantitative estimate of drug-likeness (QED) is 0.659. The van der Waals surface area contributed by atoms with Crippen LogP contribution in [0.15, 0.2) is 12.1 Å². The molecule has 0 amide bonds. The van der Waals surface area contributed by atoms with E-state index in [0.717, 1.165) is 0 Å². The normalized spacial score (nSPS) is 12.6. The summed E-state index contributed by atoms with van der Waals surface area (Å²) >= 11 is 0. The highest BCUT2D eigenvalue weighted by molar-refractivity contribution is 5.87. The molecule has 0 aliphatic heterocycles. The first-order chi connectivity index (χ1) is 6.61. The van der Waals surface area contributed by atoms with Gasteiger partial charge in [0.2, 0.25) is 0 Å². The number of nitrogens with zero attached hydrogens (tertiary/aromatic N) is 1. The summed E-state index contributed by atoms with van der Waals surface area (Å²) in [5.74, 6) is -0.413. The standard InChI is InChI=1S/C9H14N2O3/c1-11-7(6(10)5-12)3-4-8(11)9(13)14-2/h3-4,6,12H,5,10H2,1-2H3/t6-/m1/s1. The molecule has 1 heterocycles. The molecule has 0 aromatic carbocycles. The van der Waals surface area contributed by atoms with Gasteiger partial charge < -0.3 is 20.1 Å². The predicted octanol–water partition coefficient (Wildman–Crippen LogP) is -0.196. The molecule has 0 aliphatic rings. The summed E-state index contributed by atoms with van der Waals surface area (Å²) < 4.78 is 6.20. The van der Waals surface area contributed by atoms with Gasteiger partial charge in [0.25, 0.3) is 0 Å². The topological polar surface area (TPSA) is 77.5 Å². The number of aromatic nitrogens is 1. The summed E-state index contributed by atoms with van der Waals surface area (Å²) in [6.07, 6.45) is 0. The lowest BCUT2D eigenvalue weighted by Crippen LogP contribution is -2.19. The number of ether oxygens (including phenoxy) is 1. The average molecular weight is 198 g/mol. The number of hydrogen-bond acceptors (Lipinski definition) is 4. The van der Waals surface area contributed by atoms with Crippen molar-refractivity contribution in [1.82, 2.24) is 4.57 Å². The molecule has 0 bridgehead atoms. The number of hydrogen-bond donors (Lipinski definition) is 2. The van der Waals surface area contributed by atoms with Crippen LogP contribution in [0.25, 0.3) is 0 Å².